The lowest BCUT2D eigenvalue weighted by molar-refractivity contribution is 0.0945. The number of methoxy groups -OCH3 is 1. The Balaban J connectivity index is 1.81. The minimum atomic E-state index is -0.564. The van der Waals surface area contributed by atoms with Crippen LogP contribution in [0.15, 0.2) is 59.4 Å². The Morgan fingerprint density at radius 3 is 2.62 bits per heavy atom. The zero-order chi connectivity index (χ0) is 18.5. The molecule has 1 amide bonds. The number of aryl methyl sites for hydroxylation is 1. The Labute approximate surface area is 150 Å². The van der Waals surface area contributed by atoms with Gasteiger partial charge in [0.15, 0.2) is 0 Å². The second-order valence-electron chi connectivity index (χ2n) is 5.85. The first-order valence-electron chi connectivity index (χ1n) is 8.15. The molecule has 0 atom stereocenters. The van der Waals surface area contributed by atoms with Crippen LogP contribution in [-0.4, -0.2) is 23.0 Å². The standard InChI is InChI=1S/C20H19N3O3/c1-13-7-9-14(10-8-13)16-11-17(23-20(25)22-16)19(24)21-12-15-5-3-4-6-18(15)26-2/h3-11H,12H2,1-2H3,(H,21,24)(H,22,23,25). The number of amides is 1. The Hall–Kier alpha value is -3.41. The Kier molecular flexibility index (Phi) is 5.12. The molecule has 0 saturated carbocycles. The van der Waals surface area contributed by atoms with Crippen LogP contribution < -0.4 is 15.7 Å². The number of para-hydroxylation sites is 1. The molecule has 6 nitrogen and oxygen atoms in total. The van der Waals surface area contributed by atoms with E-state index in [9.17, 15) is 9.59 Å². The molecule has 2 N–H and O–H groups in total. The van der Waals surface area contributed by atoms with Crippen LogP contribution in [0.1, 0.15) is 21.6 Å². The van der Waals surface area contributed by atoms with Crippen molar-refractivity contribution in [1.29, 1.82) is 0 Å². The summed E-state index contributed by atoms with van der Waals surface area (Å²) in [6.07, 6.45) is 0. The molecular weight excluding hydrogens is 330 g/mol. The number of H-pyrrole nitrogens is 1. The number of benzene rings is 2. The van der Waals surface area contributed by atoms with Gasteiger partial charge in [-0.25, -0.2) is 4.79 Å². The van der Waals surface area contributed by atoms with Crippen LogP contribution in [0.5, 0.6) is 5.75 Å². The molecule has 3 aromatic rings. The van der Waals surface area contributed by atoms with Crippen molar-refractivity contribution in [2.45, 2.75) is 13.5 Å². The van der Waals surface area contributed by atoms with E-state index in [0.717, 1.165) is 16.7 Å². The van der Waals surface area contributed by atoms with Crippen LogP contribution in [0.3, 0.4) is 0 Å². The smallest absolute Gasteiger partial charge is 0.346 e. The van der Waals surface area contributed by atoms with Crippen molar-refractivity contribution < 1.29 is 9.53 Å². The number of aromatic nitrogens is 2. The van der Waals surface area contributed by atoms with E-state index in [4.69, 9.17) is 4.74 Å². The topological polar surface area (TPSA) is 84.1 Å². The SMILES string of the molecule is COc1ccccc1CNC(=O)c1cc(-c2ccc(C)cc2)nc(=O)[nH]1. The second-order valence-corrected chi connectivity index (χ2v) is 5.85. The Bertz CT molecular complexity index is 978. The van der Waals surface area contributed by atoms with Gasteiger partial charge in [0, 0.05) is 17.7 Å². The highest BCUT2D eigenvalue weighted by molar-refractivity contribution is 5.93. The summed E-state index contributed by atoms with van der Waals surface area (Å²) in [5, 5.41) is 2.79. The minimum absolute atomic E-state index is 0.162. The predicted molar refractivity (Wildman–Crippen MR) is 99.2 cm³/mol. The van der Waals surface area contributed by atoms with Crippen molar-refractivity contribution in [2.24, 2.45) is 0 Å². The maximum Gasteiger partial charge on any atom is 0.346 e. The fraction of sp³-hybridized carbons (Fsp3) is 0.150. The average molecular weight is 349 g/mol. The molecule has 0 aliphatic rings. The molecule has 26 heavy (non-hydrogen) atoms. The van der Waals surface area contributed by atoms with Gasteiger partial charge in [-0.1, -0.05) is 48.0 Å². The van der Waals surface area contributed by atoms with Gasteiger partial charge in [-0.3, -0.25) is 4.79 Å². The molecule has 6 heteroatoms. The van der Waals surface area contributed by atoms with Crippen molar-refractivity contribution in [3.63, 3.8) is 0 Å². The van der Waals surface area contributed by atoms with Crippen molar-refractivity contribution >= 4 is 5.91 Å². The van der Waals surface area contributed by atoms with Gasteiger partial charge in [0.05, 0.1) is 12.8 Å². The number of carbonyl (C=O) groups excluding carboxylic acids is 1. The van der Waals surface area contributed by atoms with E-state index in [1.54, 1.807) is 13.2 Å². The van der Waals surface area contributed by atoms with Crippen LogP contribution in [-0.2, 0) is 6.54 Å². The molecular formula is C20H19N3O3. The van der Waals surface area contributed by atoms with E-state index < -0.39 is 5.69 Å². The number of hydrogen-bond acceptors (Lipinski definition) is 4. The van der Waals surface area contributed by atoms with Crippen molar-refractivity contribution in [2.75, 3.05) is 7.11 Å². The maximum atomic E-state index is 12.5. The van der Waals surface area contributed by atoms with Gasteiger partial charge in [-0.2, -0.15) is 4.98 Å². The molecule has 1 heterocycles. The number of ether oxygens (including phenoxy) is 1. The molecule has 0 unspecified atom stereocenters. The zero-order valence-electron chi connectivity index (χ0n) is 14.6. The van der Waals surface area contributed by atoms with Crippen LogP contribution in [0.25, 0.3) is 11.3 Å². The molecule has 0 saturated heterocycles. The predicted octanol–water partition coefficient (Wildman–Crippen LogP) is 2.68. The number of nitrogens with zero attached hydrogens (tertiary/aromatic N) is 1. The first-order valence-corrected chi connectivity index (χ1v) is 8.15. The molecule has 1 aromatic heterocycles. The number of rotatable bonds is 5. The van der Waals surface area contributed by atoms with Gasteiger partial charge >= 0.3 is 5.69 Å². The quantitative estimate of drug-likeness (QED) is 0.742. The van der Waals surface area contributed by atoms with Gasteiger partial charge in [-0.05, 0) is 19.1 Å². The van der Waals surface area contributed by atoms with E-state index in [1.165, 1.54) is 0 Å². The molecule has 3 rings (SSSR count). The fourth-order valence-corrected chi connectivity index (χ4v) is 2.57. The number of carbonyl (C=O) groups is 1. The van der Waals surface area contributed by atoms with E-state index >= 15 is 0 Å². The second kappa shape index (κ2) is 7.65. The van der Waals surface area contributed by atoms with Crippen molar-refractivity contribution in [1.82, 2.24) is 15.3 Å². The van der Waals surface area contributed by atoms with Gasteiger partial charge < -0.3 is 15.0 Å². The third-order valence-electron chi connectivity index (χ3n) is 3.97. The third-order valence-corrected chi connectivity index (χ3v) is 3.97. The van der Waals surface area contributed by atoms with Crippen molar-refractivity contribution in [3.8, 4) is 17.0 Å². The first-order chi connectivity index (χ1) is 12.6. The maximum absolute atomic E-state index is 12.5. The van der Waals surface area contributed by atoms with Crippen LogP contribution in [0.4, 0.5) is 0 Å². The van der Waals surface area contributed by atoms with E-state index in [0.29, 0.717) is 11.4 Å². The van der Waals surface area contributed by atoms with Crippen LogP contribution in [0, 0.1) is 6.92 Å². The highest BCUT2D eigenvalue weighted by Crippen LogP contribution is 2.18. The monoisotopic (exact) mass is 349 g/mol. The summed E-state index contributed by atoms with van der Waals surface area (Å²) in [5.41, 5.74) is 2.78. The summed E-state index contributed by atoms with van der Waals surface area (Å²) in [4.78, 5) is 30.8. The van der Waals surface area contributed by atoms with E-state index in [-0.39, 0.29) is 18.1 Å². The number of hydrogen-bond donors (Lipinski definition) is 2. The summed E-state index contributed by atoms with van der Waals surface area (Å²) in [5.74, 6) is 0.306. The molecule has 0 aliphatic heterocycles. The van der Waals surface area contributed by atoms with Crippen LogP contribution in [0.2, 0.25) is 0 Å². The molecule has 0 bridgehead atoms. The highest BCUT2D eigenvalue weighted by Gasteiger charge is 2.11. The molecule has 132 valence electrons. The lowest BCUT2D eigenvalue weighted by Crippen LogP contribution is -2.27. The van der Waals surface area contributed by atoms with Crippen LogP contribution >= 0.6 is 0 Å². The third kappa shape index (κ3) is 3.97. The van der Waals surface area contributed by atoms with E-state index in [1.807, 2.05) is 55.5 Å². The van der Waals surface area contributed by atoms with Gasteiger partial charge in [0.2, 0.25) is 0 Å². The first kappa shape index (κ1) is 17.4. The molecule has 0 spiro atoms. The van der Waals surface area contributed by atoms with Crippen molar-refractivity contribution in [3.05, 3.63) is 81.9 Å². The molecule has 0 radical (unpaired) electrons. The fourth-order valence-electron chi connectivity index (χ4n) is 2.57. The largest absolute Gasteiger partial charge is 0.496 e. The Morgan fingerprint density at radius 1 is 1.15 bits per heavy atom. The summed E-state index contributed by atoms with van der Waals surface area (Å²) >= 11 is 0. The lowest BCUT2D eigenvalue weighted by atomic mass is 10.1. The summed E-state index contributed by atoms with van der Waals surface area (Å²) in [7, 11) is 1.58. The molecule has 2 aromatic carbocycles. The normalized spacial score (nSPS) is 10.4. The zero-order valence-corrected chi connectivity index (χ0v) is 14.6. The molecule has 0 aliphatic carbocycles. The van der Waals surface area contributed by atoms with Gasteiger partial charge in [0.25, 0.3) is 5.91 Å². The van der Waals surface area contributed by atoms with Gasteiger partial charge in [-0.15, -0.1) is 0 Å². The number of aromatic amines is 1. The summed E-state index contributed by atoms with van der Waals surface area (Å²) in [6.45, 7) is 2.26. The minimum Gasteiger partial charge on any atom is -0.496 e. The highest BCUT2D eigenvalue weighted by atomic mass is 16.5. The van der Waals surface area contributed by atoms with Gasteiger partial charge in [0.1, 0.15) is 11.4 Å². The number of nitrogens with one attached hydrogen (secondary N) is 2. The lowest BCUT2D eigenvalue weighted by Gasteiger charge is -2.10. The Morgan fingerprint density at radius 2 is 1.88 bits per heavy atom. The summed E-state index contributed by atoms with van der Waals surface area (Å²) < 4.78 is 5.27. The summed E-state index contributed by atoms with van der Waals surface area (Å²) in [6, 6.07) is 16.6. The van der Waals surface area contributed by atoms with E-state index in [2.05, 4.69) is 15.3 Å². The molecule has 0 fully saturated rings. The average Bonchev–Trinajstić information content (AvgIpc) is 2.66.